The number of fused-ring (bicyclic) bond motifs is 4. The van der Waals surface area contributed by atoms with Crippen molar-refractivity contribution in [1.29, 1.82) is 0 Å². The fraction of sp³-hybridized carbons (Fsp3) is 0.0769. The third-order valence-electron chi connectivity index (χ3n) is 8.50. The van der Waals surface area contributed by atoms with Crippen LogP contribution in [0.3, 0.4) is 0 Å². The molecule has 0 aliphatic heterocycles. The molecular weight excluding hydrogens is 719 g/mol. The summed E-state index contributed by atoms with van der Waals surface area (Å²) < 4.78 is 26.0. The maximum atomic E-state index is 13.8. The number of hydrogen-bond donors (Lipinski definition) is 2. The van der Waals surface area contributed by atoms with Crippen molar-refractivity contribution >= 4 is 56.1 Å². The molecule has 2 amide bonds. The number of anilines is 1. The molecule has 0 saturated carbocycles. The number of halogens is 2. The molecule has 2 aromatic heterocycles. The van der Waals surface area contributed by atoms with Crippen molar-refractivity contribution in [2.45, 2.75) is 12.5 Å². The number of nitrogens with zero attached hydrogens (tertiary/aromatic N) is 2. The molecule has 0 unspecified atom stereocenters. The molecule has 0 bridgehead atoms. The van der Waals surface area contributed by atoms with Gasteiger partial charge in [-0.3, -0.25) is 4.79 Å². The Hall–Kier alpha value is -5.65. The summed E-state index contributed by atoms with van der Waals surface area (Å²) in [5.41, 5.74) is 8.62. The second-order valence-corrected chi connectivity index (χ2v) is 13.4. The second kappa shape index (κ2) is 13.3. The molecule has 0 radical (unpaired) electrons. The largest absolute Gasteiger partial charge is 0.449 e. The Bertz CT molecular complexity index is 2380. The maximum absolute atomic E-state index is 13.8. The molecule has 0 fully saturated rings. The van der Waals surface area contributed by atoms with Crippen LogP contribution in [-0.2, 0) is 11.3 Å². The topological polar surface area (TPSA) is 106 Å². The van der Waals surface area contributed by atoms with E-state index in [1.807, 2.05) is 48.5 Å². The molecule has 11 heteroatoms. The van der Waals surface area contributed by atoms with Crippen LogP contribution in [0.2, 0.25) is 0 Å². The number of carbonyl (C=O) groups is 2. The lowest BCUT2D eigenvalue weighted by atomic mass is 9.98. The van der Waals surface area contributed by atoms with E-state index in [1.54, 1.807) is 29.6 Å². The number of ether oxygens (including phenoxy) is 1. The van der Waals surface area contributed by atoms with Crippen molar-refractivity contribution in [2.75, 3.05) is 11.9 Å². The first kappa shape index (κ1) is 31.6. The molecule has 246 valence electrons. The van der Waals surface area contributed by atoms with E-state index in [0.717, 1.165) is 22.3 Å². The van der Waals surface area contributed by atoms with Gasteiger partial charge in [-0.25, -0.2) is 19.2 Å². The predicted molar refractivity (Wildman–Crippen MR) is 195 cm³/mol. The van der Waals surface area contributed by atoms with Gasteiger partial charge < -0.3 is 19.8 Å². The first-order chi connectivity index (χ1) is 24.4. The van der Waals surface area contributed by atoms with E-state index in [-0.39, 0.29) is 36.6 Å². The van der Waals surface area contributed by atoms with Gasteiger partial charge in [-0.2, -0.15) is 0 Å². The Kier molecular flexibility index (Phi) is 8.43. The Labute approximate surface area is 298 Å². The summed E-state index contributed by atoms with van der Waals surface area (Å²) in [5.74, 6) is -0.538. The van der Waals surface area contributed by atoms with Gasteiger partial charge in [-0.05, 0) is 86.2 Å². The SMILES string of the molecule is O=C(NCc1cccc(-c2nc(C(=O)Nc3ccc4oc(-c5cc(F)ccc5Br)nc4c3)cs2)c1)OCC1c2ccccc2-c2ccccc21. The van der Waals surface area contributed by atoms with Crippen molar-refractivity contribution in [3.05, 3.63) is 147 Å². The number of carbonyl (C=O) groups excluding carboxylic acids is 2. The van der Waals surface area contributed by atoms with Crippen LogP contribution >= 0.6 is 27.3 Å². The molecule has 5 aromatic carbocycles. The van der Waals surface area contributed by atoms with Crippen molar-refractivity contribution < 1.29 is 23.1 Å². The van der Waals surface area contributed by atoms with Crippen LogP contribution in [0.15, 0.2) is 123 Å². The third kappa shape index (κ3) is 6.28. The molecule has 7 aromatic rings. The highest BCUT2D eigenvalue weighted by molar-refractivity contribution is 9.10. The van der Waals surface area contributed by atoms with Gasteiger partial charge in [0.05, 0.1) is 5.56 Å². The molecule has 8 nitrogen and oxygen atoms in total. The Morgan fingerprint density at radius 2 is 1.64 bits per heavy atom. The van der Waals surface area contributed by atoms with E-state index in [2.05, 4.69) is 60.8 Å². The van der Waals surface area contributed by atoms with Gasteiger partial charge in [-0.1, -0.05) is 66.7 Å². The molecular formula is C39H26BrFN4O4S. The monoisotopic (exact) mass is 744 g/mol. The highest BCUT2D eigenvalue weighted by atomic mass is 79.9. The third-order valence-corrected chi connectivity index (χ3v) is 10.1. The Morgan fingerprint density at radius 3 is 2.44 bits per heavy atom. The number of nitrogens with one attached hydrogen (secondary N) is 2. The minimum Gasteiger partial charge on any atom is -0.449 e. The second-order valence-electron chi connectivity index (χ2n) is 11.7. The van der Waals surface area contributed by atoms with Crippen LogP contribution in [0.25, 0.3) is 44.3 Å². The maximum Gasteiger partial charge on any atom is 0.407 e. The minimum atomic E-state index is -0.493. The standard InChI is InChI=1S/C39H26BrFN4O4S/c40-32-14-12-24(41)17-30(32)37-44-33-18-25(13-15-35(33)49-37)43-36(46)34-21-50-38(45-34)23-7-5-6-22(16-23)19-42-39(47)48-20-31-28-10-3-1-8-26(28)27-9-2-4-11-29(27)31/h1-18,21,31H,19-20H2,(H,42,47)(H,43,46). The van der Waals surface area contributed by atoms with Crippen molar-refractivity contribution in [1.82, 2.24) is 15.3 Å². The summed E-state index contributed by atoms with van der Waals surface area (Å²) in [7, 11) is 0. The number of amides is 2. The molecule has 8 rings (SSSR count). The van der Waals surface area contributed by atoms with Gasteiger partial charge in [0, 0.05) is 33.6 Å². The first-order valence-corrected chi connectivity index (χ1v) is 17.4. The smallest absolute Gasteiger partial charge is 0.407 e. The van der Waals surface area contributed by atoms with Crippen LogP contribution in [0.4, 0.5) is 14.9 Å². The van der Waals surface area contributed by atoms with Crippen LogP contribution in [-0.4, -0.2) is 28.6 Å². The molecule has 0 saturated heterocycles. The summed E-state index contributed by atoms with van der Waals surface area (Å²) in [5, 5.41) is 8.08. The lowest BCUT2D eigenvalue weighted by molar-refractivity contribution is 0.102. The van der Waals surface area contributed by atoms with E-state index in [0.29, 0.717) is 31.8 Å². The highest BCUT2D eigenvalue weighted by Gasteiger charge is 2.29. The van der Waals surface area contributed by atoms with Crippen LogP contribution < -0.4 is 10.6 Å². The van der Waals surface area contributed by atoms with E-state index in [4.69, 9.17) is 9.15 Å². The average molecular weight is 746 g/mol. The summed E-state index contributed by atoms with van der Waals surface area (Å²) in [6, 6.07) is 33.4. The van der Waals surface area contributed by atoms with Crippen LogP contribution in [0.1, 0.15) is 33.1 Å². The summed E-state index contributed by atoms with van der Waals surface area (Å²) >= 11 is 4.75. The predicted octanol–water partition coefficient (Wildman–Crippen LogP) is 9.81. The number of benzene rings is 5. The lowest BCUT2D eigenvalue weighted by Crippen LogP contribution is -2.25. The molecule has 1 aliphatic rings. The highest BCUT2D eigenvalue weighted by Crippen LogP contribution is 2.44. The van der Waals surface area contributed by atoms with Gasteiger partial charge >= 0.3 is 6.09 Å². The number of thiazole rings is 1. The molecule has 50 heavy (non-hydrogen) atoms. The molecule has 0 spiro atoms. The van der Waals surface area contributed by atoms with Crippen molar-refractivity contribution in [3.63, 3.8) is 0 Å². The molecule has 1 aliphatic carbocycles. The lowest BCUT2D eigenvalue weighted by Gasteiger charge is -2.14. The number of alkyl carbamates (subject to hydrolysis) is 1. The quantitative estimate of drug-likeness (QED) is 0.161. The summed E-state index contributed by atoms with van der Waals surface area (Å²) in [6.45, 7) is 0.510. The van der Waals surface area contributed by atoms with Gasteiger partial charge in [0.1, 0.15) is 28.6 Å². The number of oxazole rings is 1. The van der Waals surface area contributed by atoms with Gasteiger partial charge in [0.25, 0.3) is 5.91 Å². The fourth-order valence-corrected chi connectivity index (χ4v) is 7.34. The van der Waals surface area contributed by atoms with E-state index in [1.165, 1.54) is 34.6 Å². The summed E-state index contributed by atoms with van der Waals surface area (Å²) in [4.78, 5) is 34.9. The Morgan fingerprint density at radius 1 is 0.860 bits per heavy atom. The van der Waals surface area contributed by atoms with Gasteiger partial charge in [0.2, 0.25) is 5.89 Å². The summed E-state index contributed by atoms with van der Waals surface area (Å²) in [6.07, 6.45) is -0.493. The number of aromatic nitrogens is 2. The van der Waals surface area contributed by atoms with Crippen molar-refractivity contribution in [3.8, 4) is 33.2 Å². The molecule has 2 heterocycles. The minimum absolute atomic E-state index is 0.0136. The normalized spacial score (nSPS) is 12.0. The van der Waals surface area contributed by atoms with Crippen LogP contribution in [0, 0.1) is 5.82 Å². The number of rotatable bonds is 8. The zero-order valence-electron chi connectivity index (χ0n) is 26.2. The fourth-order valence-electron chi connectivity index (χ4n) is 6.13. The first-order valence-electron chi connectivity index (χ1n) is 15.7. The van der Waals surface area contributed by atoms with Gasteiger partial charge in [0.15, 0.2) is 5.58 Å². The van der Waals surface area contributed by atoms with Gasteiger partial charge in [-0.15, -0.1) is 11.3 Å². The Balaban J connectivity index is 0.889. The van der Waals surface area contributed by atoms with E-state index >= 15 is 0 Å². The van der Waals surface area contributed by atoms with E-state index < -0.39 is 11.9 Å². The zero-order valence-corrected chi connectivity index (χ0v) is 28.6. The van der Waals surface area contributed by atoms with Crippen LogP contribution in [0.5, 0.6) is 0 Å². The van der Waals surface area contributed by atoms with Crippen molar-refractivity contribution in [2.24, 2.45) is 0 Å². The number of hydrogen-bond acceptors (Lipinski definition) is 7. The zero-order chi connectivity index (χ0) is 34.2. The molecule has 0 atom stereocenters. The average Bonchev–Trinajstić information content (AvgIpc) is 3.87. The molecule has 2 N–H and O–H groups in total. The van der Waals surface area contributed by atoms with E-state index in [9.17, 15) is 14.0 Å².